The number of nitrogens with zero attached hydrogens (tertiary/aromatic N) is 5. The van der Waals surface area contributed by atoms with Crippen LogP contribution >= 0.6 is 0 Å². The Bertz CT molecular complexity index is 919. The van der Waals surface area contributed by atoms with Crippen molar-refractivity contribution in [2.24, 2.45) is 0 Å². The highest BCUT2D eigenvalue weighted by molar-refractivity contribution is 5.98. The molecule has 0 unspecified atom stereocenters. The van der Waals surface area contributed by atoms with Crippen molar-refractivity contribution >= 4 is 16.9 Å². The molecule has 0 fully saturated rings. The zero-order chi connectivity index (χ0) is 18.5. The van der Waals surface area contributed by atoms with Crippen LogP contribution in [0.4, 0.5) is 0 Å². The second kappa shape index (κ2) is 8.03. The van der Waals surface area contributed by atoms with Crippen LogP contribution in [0.2, 0.25) is 0 Å². The van der Waals surface area contributed by atoms with Gasteiger partial charge in [0.25, 0.3) is 0 Å². The minimum Gasteiger partial charge on any atom is -0.454 e. The number of unbranched alkanes of at least 4 members (excludes halogenated alkanes) is 1. The summed E-state index contributed by atoms with van der Waals surface area (Å²) >= 11 is 0. The van der Waals surface area contributed by atoms with Gasteiger partial charge in [0.15, 0.2) is 12.4 Å². The van der Waals surface area contributed by atoms with Crippen LogP contribution < -0.4 is 0 Å². The highest BCUT2D eigenvalue weighted by atomic mass is 16.5. The Kier molecular flexibility index (Phi) is 5.55. The van der Waals surface area contributed by atoms with E-state index in [-0.39, 0.29) is 12.6 Å². The lowest BCUT2D eigenvalue weighted by Crippen LogP contribution is -2.15. The summed E-state index contributed by atoms with van der Waals surface area (Å²) in [5.74, 6) is 0.166. The van der Waals surface area contributed by atoms with Crippen molar-refractivity contribution in [2.75, 3.05) is 0 Å². The van der Waals surface area contributed by atoms with Crippen molar-refractivity contribution in [2.45, 2.75) is 53.2 Å². The molecule has 0 amide bonds. The van der Waals surface area contributed by atoms with Crippen molar-refractivity contribution < 1.29 is 9.53 Å². The molecule has 0 bridgehead atoms. The fraction of sp³-hybridized carbons (Fsp3) is 0.421. The molecule has 7 heteroatoms. The highest BCUT2D eigenvalue weighted by Gasteiger charge is 2.20. The molecule has 2 aromatic heterocycles. The number of hydrogen-bond donors (Lipinski definition) is 0. The predicted octanol–water partition coefficient (Wildman–Crippen LogP) is 3.25. The highest BCUT2D eigenvalue weighted by Crippen LogP contribution is 2.24. The smallest absolute Gasteiger partial charge is 0.340 e. The first-order valence-electron chi connectivity index (χ1n) is 8.96. The number of fused-ring (bicyclic) bond motifs is 1. The number of carbonyl (C=O) groups is 1. The first kappa shape index (κ1) is 18.0. The molecule has 7 nitrogen and oxygen atoms in total. The van der Waals surface area contributed by atoms with E-state index in [2.05, 4.69) is 27.4 Å². The lowest BCUT2D eigenvalue weighted by Gasteiger charge is -2.13. The van der Waals surface area contributed by atoms with Crippen molar-refractivity contribution in [3.63, 3.8) is 0 Å². The molecule has 0 aliphatic carbocycles. The molecule has 26 heavy (non-hydrogen) atoms. The predicted molar refractivity (Wildman–Crippen MR) is 97.7 cm³/mol. The first-order valence-corrected chi connectivity index (χ1v) is 8.96. The summed E-state index contributed by atoms with van der Waals surface area (Å²) in [6, 6.07) is 7.82. The maximum absolute atomic E-state index is 12.8. The molecule has 1 aromatic carbocycles. The maximum Gasteiger partial charge on any atom is 0.340 e. The van der Waals surface area contributed by atoms with Crippen LogP contribution in [0, 0.1) is 6.92 Å². The molecule has 0 radical (unpaired) electrons. The number of aryl methyl sites for hydroxylation is 3. The van der Waals surface area contributed by atoms with Crippen LogP contribution in [0.15, 0.2) is 24.3 Å². The molecule has 3 aromatic rings. The van der Waals surface area contributed by atoms with E-state index in [1.807, 2.05) is 38.1 Å². The second-order valence-corrected chi connectivity index (χ2v) is 6.18. The Hall–Kier alpha value is -2.83. The summed E-state index contributed by atoms with van der Waals surface area (Å²) in [6.45, 7) is 6.79. The minimum atomic E-state index is -0.386. The summed E-state index contributed by atoms with van der Waals surface area (Å²) in [7, 11) is 0. The van der Waals surface area contributed by atoms with Gasteiger partial charge in [0.1, 0.15) is 0 Å². The Balaban J connectivity index is 1.84. The summed E-state index contributed by atoms with van der Waals surface area (Å²) in [6.07, 6.45) is 2.67. The van der Waals surface area contributed by atoms with E-state index >= 15 is 0 Å². The van der Waals surface area contributed by atoms with E-state index in [9.17, 15) is 4.79 Å². The summed E-state index contributed by atoms with van der Waals surface area (Å²) in [5.41, 5.74) is 3.07. The number of ether oxygens (including phenoxy) is 1. The van der Waals surface area contributed by atoms with E-state index in [0.717, 1.165) is 35.0 Å². The van der Waals surface area contributed by atoms with Gasteiger partial charge in [-0.05, 0) is 41.8 Å². The number of esters is 1. The quantitative estimate of drug-likeness (QED) is 0.606. The number of carbonyl (C=O) groups excluding carboxylic acids is 1. The van der Waals surface area contributed by atoms with E-state index in [4.69, 9.17) is 4.74 Å². The number of tetrazole rings is 1. The van der Waals surface area contributed by atoms with Gasteiger partial charge in [-0.25, -0.2) is 9.48 Å². The van der Waals surface area contributed by atoms with Crippen LogP contribution in [0.5, 0.6) is 0 Å². The Labute approximate surface area is 152 Å². The molecule has 0 saturated heterocycles. The van der Waals surface area contributed by atoms with E-state index in [0.29, 0.717) is 24.4 Å². The number of pyridine rings is 1. The lowest BCUT2D eigenvalue weighted by molar-refractivity contribution is 0.0454. The summed E-state index contributed by atoms with van der Waals surface area (Å²) < 4.78 is 7.21. The van der Waals surface area contributed by atoms with Gasteiger partial charge in [-0.1, -0.05) is 38.5 Å². The molecule has 3 rings (SSSR count). The molecule has 0 N–H and O–H groups in total. The molecule has 0 spiro atoms. The average molecular weight is 353 g/mol. The van der Waals surface area contributed by atoms with E-state index in [1.165, 1.54) is 0 Å². The molecular weight excluding hydrogens is 330 g/mol. The largest absolute Gasteiger partial charge is 0.454 e. The zero-order valence-corrected chi connectivity index (χ0v) is 15.4. The third-order valence-electron chi connectivity index (χ3n) is 4.43. The minimum absolute atomic E-state index is 0.0466. The monoisotopic (exact) mass is 353 g/mol. The van der Waals surface area contributed by atoms with E-state index < -0.39 is 0 Å². The zero-order valence-electron chi connectivity index (χ0n) is 15.4. The fourth-order valence-electron chi connectivity index (χ4n) is 2.98. The lowest BCUT2D eigenvalue weighted by atomic mass is 10.0. The van der Waals surface area contributed by atoms with Crippen LogP contribution in [-0.2, 0) is 24.3 Å². The second-order valence-electron chi connectivity index (χ2n) is 6.18. The number of benzene rings is 1. The van der Waals surface area contributed by atoms with Crippen LogP contribution in [0.1, 0.15) is 54.1 Å². The Morgan fingerprint density at radius 2 is 2.04 bits per heavy atom. The third-order valence-corrected chi connectivity index (χ3v) is 4.43. The van der Waals surface area contributed by atoms with Gasteiger partial charge in [0, 0.05) is 11.9 Å². The van der Waals surface area contributed by atoms with Gasteiger partial charge in [0.05, 0.1) is 16.8 Å². The molecule has 0 atom stereocenters. The van der Waals surface area contributed by atoms with Crippen LogP contribution in [-0.4, -0.2) is 31.2 Å². The van der Waals surface area contributed by atoms with Gasteiger partial charge in [-0.3, -0.25) is 4.98 Å². The van der Waals surface area contributed by atoms with Gasteiger partial charge in [0.2, 0.25) is 0 Å². The third kappa shape index (κ3) is 3.56. The molecule has 0 aliphatic rings. The topological polar surface area (TPSA) is 82.8 Å². The van der Waals surface area contributed by atoms with Gasteiger partial charge in [-0.2, -0.15) is 0 Å². The summed E-state index contributed by atoms with van der Waals surface area (Å²) in [4.78, 5) is 17.4. The van der Waals surface area contributed by atoms with Crippen LogP contribution in [0.3, 0.4) is 0 Å². The van der Waals surface area contributed by atoms with E-state index in [1.54, 1.807) is 4.68 Å². The molecule has 0 saturated carbocycles. The molecule has 0 aliphatic heterocycles. The van der Waals surface area contributed by atoms with Gasteiger partial charge >= 0.3 is 5.97 Å². The van der Waals surface area contributed by atoms with Crippen molar-refractivity contribution in [3.05, 3.63) is 46.9 Å². The standard InChI is InChI=1S/C19H23N5O2/c1-4-6-11-24-17(21-22-23-24)12-26-19(25)18-13(3)14-9-7-8-10-16(14)20-15(18)5-2/h7-10H,4-6,11-12H2,1-3H3. The molecular formula is C19H23N5O2. The average Bonchev–Trinajstić information content (AvgIpc) is 3.11. The first-order chi connectivity index (χ1) is 12.7. The summed E-state index contributed by atoms with van der Waals surface area (Å²) in [5, 5.41) is 12.5. The Morgan fingerprint density at radius 3 is 2.81 bits per heavy atom. The van der Waals surface area contributed by atoms with Crippen molar-refractivity contribution in [3.8, 4) is 0 Å². The van der Waals surface area contributed by atoms with Gasteiger partial charge < -0.3 is 4.74 Å². The number of hydrogen-bond acceptors (Lipinski definition) is 6. The van der Waals surface area contributed by atoms with Crippen molar-refractivity contribution in [1.29, 1.82) is 0 Å². The molecule has 2 heterocycles. The normalized spacial score (nSPS) is 11.0. The van der Waals surface area contributed by atoms with Crippen LogP contribution in [0.25, 0.3) is 10.9 Å². The fourth-order valence-corrected chi connectivity index (χ4v) is 2.98. The number of para-hydroxylation sites is 1. The van der Waals surface area contributed by atoms with Gasteiger partial charge in [-0.15, -0.1) is 5.10 Å². The number of rotatable bonds is 7. The maximum atomic E-state index is 12.8. The van der Waals surface area contributed by atoms with Crippen molar-refractivity contribution in [1.82, 2.24) is 25.2 Å². The number of aromatic nitrogens is 5. The Morgan fingerprint density at radius 1 is 1.23 bits per heavy atom. The SMILES string of the molecule is CCCCn1nnnc1COC(=O)c1c(CC)nc2ccccc2c1C. The molecule has 136 valence electrons.